The molecule has 9 heteroatoms. The number of rotatable bonds is 7. The molecular weight excluding hydrogens is 426 g/mol. The van der Waals surface area contributed by atoms with Crippen molar-refractivity contribution >= 4 is 0 Å². The van der Waals surface area contributed by atoms with Gasteiger partial charge in [0.15, 0.2) is 0 Å². The van der Waals surface area contributed by atoms with E-state index in [1.807, 2.05) is 0 Å². The molecule has 2 atom stereocenters. The SMILES string of the molecule is CCC(C)(CC(O)(C(F)(F)F)C(F)(F)F)C(OO)C(C)(C)C12CC3CC(CC(C3)C1)C2. The third-order valence-corrected chi connectivity index (χ3v) is 9.20. The molecular formula is C22H34F6O3. The smallest absolute Gasteiger partial charge is 0.374 e. The number of halogens is 6. The monoisotopic (exact) mass is 460 g/mol. The van der Waals surface area contributed by atoms with Gasteiger partial charge in [-0.25, -0.2) is 4.89 Å². The lowest BCUT2D eigenvalue weighted by atomic mass is 9.41. The number of hydrogen-bond acceptors (Lipinski definition) is 3. The molecule has 0 aromatic carbocycles. The zero-order chi connectivity index (χ0) is 23.7. The Morgan fingerprint density at radius 2 is 1.26 bits per heavy atom. The molecule has 4 saturated carbocycles. The highest BCUT2D eigenvalue weighted by molar-refractivity contribution is 5.12. The van der Waals surface area contributed by atoms with Crippen molar-refractivity contribution < 1.29 is 41.6 Å². The van der Waals surface area contributed by atoms with E-state index in [1.54, 1.807) is 13.8 Å². The summed E-state index contributed by atoms with van der Waals surface area (Å²) in [4.78, 5) is 4.79. The lowest BCUT2D eigenvalue weighted by Gasteiger charge is -2.65. The van der Waals surface area contributed by atoms with Gasteiger partial charge in [-0.2, -0.15) is 26.3 Å². The minimum absolute atomic E-state index is 0.136. The molecule has 0 aliphatic heterocycles. The van der Waals surface area contributed by atoms with Crippen LogP contribution in [0, 0.1) is 34.0 Å². The summed E-state index contributed by atoms with van der Waals surface area (Å²) >= 11 is 0. The molecule has 182 valence electrons. The van der Waals surface area contributed by atoms with E-state index in [1.165, 1.54) is 13.8 Å². The maximum Gasteiger partial charge on any atom is 0.426 e. The molecule has 0 amide bonds. The fourth-order valence-electron chi connectivity index (χ4n) is 7.66. The molecule has 2 N–H and O–H groups in total. The van der Waals surface area contributed by atoms with Crippen molar-refractivity contribution in [3.05, 3.63) is 0 Å². The van der Waals surface area contributed by atoms with Crippen molar-refractivity contribution in [3.8, 4) is 0 Å². The second-order valence-corrected chi connectivity index (χ2v) is 11.4. The van der Waals surface area contributed by atoms with Gasteiger partial charge in [-0.3, -0.25) is 5.26 Å². The van der Waals surface area contributed by atoms with Crippen LogP contribution in [0.4, 0.5) is 26.3 Å². The van der Waals surface area contributed by atoms with Crippen LogP contribution in [0.5, 0.6) is 0 Å². The zero-order valence-corrected chi connectivity index (χ0v) is 18.5. The molecule has 0 aromatic rings. The van der Waals surface area contributed by atoms with Crippen LogP contribution >= 0.6 is 0 Å². The van der Waals surface area contributed by atoms with Crippen LogP contribution < -0.4 is 0 Å². The molecule has 0 heterocycles. The summed E-state index contributed by atoms with van der Waals surface area (Å²) < 4.78 is 80.8. The maximum atomic E-state index is 13.5. The summed E-state index contributed by atoms with van der Waals surface area (Å²) in [5, 5.41) is 19.8. The van der Waals surface area contributed by atoms with Crippen molar-refractivity contribution in [3.63, 3.8) is 0 Å². The average molecular weight is 460 g/mol. The number of aliphatic hydroxyl groups is 1. The normalized spacial score (nSPS) is 34.6. The maximum absolute atomic E-state index is 13.5. The standard InChI is InChI=1S/C22H34F6O3/c1-5-18(4,12-20(29,21(23,24)25)22(26,27)28)16(31-30)17(2,3)19-9-13-6-14(10-19)8-15(7-13)11-19/h13-16,29-30H,5-12H2,1-4H3. The predicted octanol–water partition coefficient (Wildman–Crippen LogP) is 6.75. The first-order chi connectivity index (χ1) is 13.9. The minimum Gasteiger partial charge on any atom is -0.374 e. The molecule has 2 unspecified atom stereocenters. The summed E-state index contributed by atoms with van der Waals surface area (Å²) in [6, 6.07) is 0. The van der Waals surface area contributed by atoms with Gasteiger partial charge in [0.05, 0.1) is 0 Å². The minimum atomic E-state index is -5.91. The lowest BCUT2D eigenvalue weighted by Crippen LogP contribution is -2.64. The Labute approximate surface area is 179 Å². The lowest BCUT2D eigenvalue weighted by molar-refractivity contribution is -0.392. The number of alkyl halides is 6. The van der Waals surface area contributed by atoms with Gasteiger partial charge in [-0.15, -0.1) is 0 Å². The van der Waals surface area contributed by atoms with Crippen LogP contribution in [0.2, 0.25) is 0 Å². The Morgan fingerprint density at radius 3 is 1.55 bits per heavy atom. The molecule has 31 heavy (non-hydrogen) atoms. The molecule has 3 nitrogen and oxygen atoms in total. The molecule has 4 aliphatic rings. The average Bonchev–Trinajstić information content (AvgIpc) is 2.58. The Balaban J connectivity index is 2.00. The summed E-state index contributed by atoms with van der Waals surface area (Å²) in [5.41, 5.74) is -7.87. The molecule has 0 aromatic heterocycles. The fraction of sp³-hybridized carbons (Fsp3) is 1.00. The quantitative estimate of drug-likeness (QED) is 0.251. The van der Waals surface area contributed by atoms with E-state index in [9.17, 15) is 36.7 Å². The van der Waals surface area contributed by atoms with Crippen molar-refractivity contribution in [1.29, 1.82) is 0 Å². The van der Waals surface area contributed by atoms with Crippen LogP contribution in [0.15, 0.2) is 0 Å². The van der Waals surface area contributed by atoms with Gasteiger partial charge in [-0.1, -0.05) is 27.7 Å². The van der Waals surface area contributed by atoms with Crippen LogP contribution in [0.1, 0.15) is 79.1 Å². The first-order valence-electron chi connectivity index (χ1n) is 11.1. The summed E-state index contributed by atoms with van der Waals surface area (Å²) in [6.07, 6.45) is -9.02. The highest BCUT2D eigenvalue weighted by Gasteiger charge is 2.73. The van der Waals surface area contributed by atoms with Gasteiger partial charge in [0.25, 0.3) is 5.60 Å². The van der Waals surface area contributed by atoms with Gasteiger partial charge in [0, 0.05) is 17.3 Å². The van der Waals surface area contributed by atoms with Gasteiger partial charge in [-0.05, 0) is 68.1 Å². The van der Waals surface area contributed by atoms with E-state index >= 15 is 0 Å². The van der Waals surface area contributed by atoms with Crippen molar-refractivity contribution in [1.82, 2.24) is 0 Å². The summed E-state index contributed by atoms with van der Waals surface area (Å²) in [6.45, 7) is 6.32. The largest absolute Gasteiger partial charge is 0.426 e. The van der Waals surface area contributed by atoms with E-state index < -0.39 is 41.3 Å². The molecule has 4 fully saturated rings. The molecule has 0 saturated heterocycles. The second-order valence-electron chi connectivity index (χ2n) is 11.4. The van der Waals surface area contributed by atoms with Crippen LogP contribution in [0.25, 0.3) is 0 Å². The van der Waals surface area contributed by atoms with Crippen LogP contribution in [-0.4, -0.2) is 34.4 Å². The Morgan fingerprint density at radius 1 is 0.871 bits per heavy atom. The summed E-state index contributed by atoms with van der Waals surface area (Å²) in [5.74, 6) is 1.50. The highest BCUT2D eigenvalue weighted by Crippen LogP contribution is 2.68. The molecule has 4 aliphatic carbocycles. The van der Waals surface area contributed by atoms with E-state index in [0.717, 1.165) is 38.5 Å². The third-order valence-electron chi connectivity index (χ3n) is 9.20. The van der Waals surface area contributed by atoms with Crippen molar-refractivity contribution in [2.24, 2.45) is 34.0 Å². The van der Waals surface area contributed by atoms with E-state index in [-0.39, 0.29) is 11.8 Å². The zero-order valence-electron chi connectivity index (χ0n) is 18.5. The van der Waals surface area contributed by atoms with Crippen molar-refractivity contribution in [2.45, 2.75) is 103 Å². The van der Waals surface area contributed by atoms with E-state index in [2.05, 4.69) is 0 Å². The predicted molar refractivity (Wildman–Crippen MR) is 102 cm³/mol. The van der Waals surface area contributed by atoms with Gasteiger partial charge in [0.1, 0.15) is 6.10 Å². The van der Waals surface area contributed by atoms with E-state index in [4.69, 9.17) is 4.89 Å². The fourth-order valence-corrected chi connectivity index (χ4v) is 7.66. The Kier molecular flexibility index (Phi) is 6.06. The number of hydrogen-bond donors (Lipinski definition) is 2. The van der Waals surface area contributed by atoms with Gasteiger partial charge >= 0.3 is 12.4 Å². The third kappa shape index (κ3) is 3.80. The van der Waals surface area contributed by atoms with E-state index in [0.29, 0.717) is 17.8 Å². The topological polar surface area (TPSA) is 49.7 Å². The van der Waals surface area contributed by atoms with Gasteiger partial charge < -0.3 is 5.11 Å². The Bertz CT molecular complexity index is 622. The van der Waals surface area contributed by atoms with Gasteiger partial charge in [0.2, 0.25) is 0 Å². The van der Waals surface area contributed by atoms with Crippen LogP contribution in [0.3, 0.4) is 0 Å². The molecule has 4 bridgehead atoms. The second kappa shape index (κ2) is 7.49. The van der Waals surface area contributed by atoms with Crippen LogP contribution in [-0.2, 0) is 4.89 Å². The first-order valence-corrected chi connectivity index (χ1v) is 11.1. The molecule has 0 spiro atoms. The highest BCUT2D eigenvalue weighted by atomic mass is 19.4. The first kappa shape index (κ1) is 25.1. The molecule has 0 radical (unpaired) electrons. The summed E-state index contributed by atoms with van der Waals surface area (Å²) in [7, 11) is 0. The molecule has 4 rings (SSSR count). The Hall–Kier alpha value is -0.540. The van der Waals surface area contributed by atoms with Crippen molar-refractivity contribution in [2.75, 3.05) is 0 Å².